The quantitative estimate of drug-likeness (QED) is 0.119. The fourth-order valence-electron chi connectivity index (χ4n) is 4.05. The van der Waals surface area contributed by atoms with E-state index in [0.717, 1.165) is 37.3 Å². The second kappa shape index (κ2) is 12.5. The molecule has 0 unspecified atom stereocenters. The van der Waals surface area contributed by atoms with Crippen molar-refractivity contribution >= 4 is 5.97 Å². The number of unbranched alkanes of at least 4 members (excludes halogenated alkanes) is 3. The molecule has 0 bridgehead atoms. The number of carbonyl (C=O) groups is 1. The Morgan fingerprint density at radius 1 is 0.737 bits per heavy atom. The van der Waals surface area contributed by atoms with E-state index < -0.39 is 23.4 Å². The van der Waals surface area contributed by atoms with Crippen LogP contribution in [0.2, 0.25) is 0 Å². The first-order chi connectivity index (χ1) is 18.4. The lowest BCUT2D eigenvalue weighted by atomic mass is 9.98. The minimum absolute atomic E-state index is 0.0321. The van der Waals surface area contributed by atoms with Crippen molar-refractivity contribution in [1.29, 1.82) is 0 Å². The molecule has 0 radical (unpaired) electrons. The molecule has 4 aromatic rings. The molecule has 0 saturated carbocycles. The van der Waals surface area contributed by atoms with Crippen LogP contribution < -0.4 is 9.47 Å². The first kappa shape index (κ1) is 27.0. The molecule has 4 aromatic carbocycles. The summed E-state index contributed by atoms with van der Waals surface area (Å²) < 4.78 is 55.0. The van der Waals surface area contributed by atoms with E-state index in [9.17, 15) is 18.0 Å². The zero-order chi connectivity index (χ0) is 27.1. The lowest BCUT2D eigenvalue weighted by Gasteiger charge is -2.11. The van der Waals surface area contributed by atoms with Crippen LogP contribution in [0, 0.1) is 24.4 Å². The van der Waals surface area contributed by atoms with Gasteiger partial charge in [0.1, 0.15) is 5.75 Å². The Morgan fingerprint density at radius 2 is 1.34 bits per heavy atom. The monoisotopic (exact) mass is 518 g/mol. The van der Waals surface area contributed by atoms with Crippen LogP contribution in [0.1, 0.15) is 48.5 Å². The highest BCUT2D eigenvalue weighted by molar-refractivity contribution is 5.91. The number of esters is 1. The number of aryl methyl sites for hydroxylation is 1. The van der Waals surface area contributed by atoms with Crippen molar-refractivity contribution in [2.24, 2.45) is 0 Å². The fourth-order valence-corrected chi connectivity index (χ4v) is 4.05. The predicted molar refractivity (Wildman–Crippen MR) is 143 cm³/mol. The average Bonchev–Trinajstić information content (AvgIpc) is 2.92. The van der Waals surface area contributed by atoms with Gasteiger partial charge < -0.3 is 9.47 Å². The number of rotatable bonds is 10. The lowest BCUT2D eigenvalue weighted by Crippen LogP contribution is -2.09. The van der Waals surface area contributed by atoms with Gasteiger partial charge in [-0.15, -0.1) is 0 Å². The number of carbonyl (C=O) groups excluding carboxylic acids is 1. The van der Waals surface area contributed by atoms with Crippen LogP contribution in [0.4, 0.5) is 13.2 Å². The molecule has 0 aliphatic carbocycles. The SMILES string of the molecule is CCCCCCOc1ccc(C(=O)Oc2ccc(-c3ccc(-c4ccc(C)cc4)c(F)c3F)cc2)cc1F. The van der Waals surface area contributed by atoms with Gasteiger partial charge in [0, 0.05) is 11.1 Å². The minimum Gasteiger partial charge on any atom is -0.491 e. The van der Waals surface area contributed by atoms with E-state index in [4.69, 9.17) is 9.47 Å². The van der Waals surface area contributed by atoms with E-state index in [1.807, 2.05) is 19.1 Å². The average molecular weight is 519 g/mol. The van der Waals surface area contributed by atoms with Gasteiger partial charge in [-0.3, -0.25) is 0 Å². The summed E-state index contributed by atoms with van der Waals surface area (Å²) in [7, 11) is 0. The molecule has 3 nitrogen and oxygen atoms in total. The van der Waals surface area contributed by atoms with Crippen LogP contribution in [0.5, 0.6) is 11.5 Å². The summed E-state index contributed by atoms with van der Waals surface area (Å²) >= 11 is 0. The molecule has 0 aliphatic rings. The summed E-state index contributed by atoms with van der Waals surface area (Å²) in [4.78, 5) is 12.5. The largest absolute Gasteiger partial charge is 0.491 e. The molecule has 0 fully saturated rings. The summed E-state index contributed by atoms with van der Waals surface area (Å²) in [6, 6.07) is 20.2. The van der Waals surface area contributed by atoms with Gasteiger partial charge in [-0.25, -0.2) is 18.0 Å². The Kier molecular flexibility index (Phi) is 8.85. The van der Waals surface area contributed by atoms with Crippen molar-refractivity contribution < 1.29 is 27.4 Å². The minimum atomic E-state index is -0.962. The zero-order valence-corrected chi connectivity index (χ0v) is 21.4. The van der Waals surface area contributed by atoms with E-state index in [1.54, 1.807) is 18.2 Å². The van der Waals surface area contributed by atoms with E-state index in [0.29, 0.717) is 17.7 Å². The Morgan fingerprint density at radius 3 is 1.92 bits per heavy atom. The topological polar surface area (TPSA) is 35.5 Å². The fraction of sp³-hybridized carbons (Fsp3) is 0.219. The molecule has 0 aliphatic heterocycles. The van der Waals surface area contributed by atoms with Gasteiger partial charge in [0.25, 0.3) is 0 Å². The Labute approximate surface area is 220 Å². The highest BCUT2D eigenvalue weighted by Crippen LogP contribution is 2.32. The lowest BCUT2D eigenvalue weighted by molar-refractivity contribution is 0.0734. The van der Waals surface area contributed by atoms with Gasteiger partial charge in [0.05, 0.1) is 12.2 Å². The number of hydrogen-bond acceptors (Lipinski definition) is 3. The van der Waals surface area contributed by atoms with Crippen LogP contribution in [-0.2, 0) is 0 Å². The maximum atomic E-state index is 14.9. The van der Waals surface area contributed by atoms with E-state index in [-0.39, 0.29) is 28.2 Å². The van der Waals surface area contributed by atoms with Gasteiger partial charge in [-0.05, 0) is 54.8 Å². The maximum Gasteiger partial charge on any atom is 0.343 e. The molecule has 196 valence electrons. The van der Waals surface area contributed by atoms with Gasteiger partial charge in [-0.2, -0.15) is 0 Å². The number of benzene rings is 4. The highest BCUT2D eigenvalue weighted by atomic mass is 19.2. The standard InChI is InChI=1S/C32H29F3O3/c1-3-4-5-6-19-37-29-18-13-24(20-28(29)33)32(36)38-25-14-11-23(12-15-25)27-17-16-26(30(34)31(27)35)22-9-7-21(2)8-10-22/h7-18,20H,3-6,19H2,1-2H3. The zero-order valence-electron chi connectivity index (χ0n) is 21.4. The van der Waals surface area contributed by atoms with Crippen molar-refractivity contribution in [2.75, 3.05) is 6.61 Å². The first-order valence-electron chi connectivity index (χ1n) is 12.7. The molecule has 0 amide bonds. The van der Waals surface area contributed by atoms with Gasteiger partial charge >= 0.3 is 5.97 Å². The normalized spacial score (nSPS) is 10.9. The summed E-state index contributed by atoms with van der Waals surface area (Å²) in [5, 5.41) is 0. The van der Waals surface area contributed by atoms with E-state index >= 15 is 0 Å². The number of halogens is 3. The second-order valence-electron chi connectivity index (χ2n) is 9.12. The molecule has 0 atom stereocenters. The molecular weight excluding hydrogens is 489 g/mol. The van der Waals surface area contributed by atoms with Crippen LogP contribution >= 0.6 is 0 Å². The smallest absolute Gasteiger partial charge is 0.343 e. The van der Waals surface area contributed by atoms with Crippen LogP contribution in [0.3, 0.4) is 0 Å². The molecule has 6 heteroatoms. The molecule has 38 heavy (non-hydrogen) atoms. The Bertz CT molecular complexity index is 1400. The summed E-state index contributed by atoms with van der Waals surface area (Å²) in [5.74, 6) is -3.01. The van der Waals surface area contributed by atoms with Crippen molar-refractivity contribution in [3.63, 3.8) is 0 Å². The van der Waals surface area contributed by atoms with Crippen LogP contribution in [-0.4, -0.2) is 12.6 Å². The Hall–Kier alpha value is -4.06. The second-order valence-corrected chi connectivity index (χ2v) is 9.12. The number of hydrogen-bond donors (Lipinski definition) is 0. The molecule has 4 rings (SSSR count). The Balaban J connectivity index is 1.42. The summed E-state index contributed by atoms with van der Waals surface area (Å²) in [6.45, 7) is 4.44. The van der Waals surface area contributed by atoms with E-state index in [2.05, 4.69) is 6.92 Å². The van der Waals surface area contributed by atoms with Crippen LogP contribution in [0.15, 0.2) is 78.9 Å². The maximum absolute atomic E-state index is 14.9. The number of ether oxygens (including phenoxy) is 2. The molecule has 0 spiro atoms. The third-order valence-electron chi connectivity index (χ3n) is 6.24. The van der Waals surface area contributed by atoms with Crippen molar-refractivity contribution in [1.82, 2.24) is 0 Å². The summed E-state index contributed by atoms with van der Waals surface area (Å²) in [5.41, 5.74) is 2.33. The van der Waals surface area contributed by atoms with Crippen molar-refractivity contribution in [3.8, 4) is 33.8 Å². The van der Waals surface area contributed by atoms with Gasteiger partial charge in [0.2, 0.25) is 0 Å². The third kappa shape index (κ3) is 6.43. The molecular formula is C32H29F3O3. The van der Waals surface area contributed by atoms with Crippen molar-refractivity contribution in [3.05, 3.63) is 107 Å². The third-order valence-corrected chi connectivity index (χ3v) is 6.24. The molecule has 0 N–H and O–H groups in total. The highest BCUT2D eigenvalue weighted by Gasteiger charge is 2.17. The van der Waals surface area contributed by atoms with Gasteiger partial charge in [0.15, 0.2) is 23.2 Å². The van der Waals surface area contributed by atoms with Gasteiger partial charge in [-0.1, -0.05) is 80.3 Å². The van der Waals surface area contributed by atoms with E-state index in [1.165, 1.54) is 42.5 Å². The molecule has 0 saturated heterocycles. The van der Waals surface area contributed by atoms with Crippen LogP contribution in [0.25, 0.3) is 22.3 Å². The van der Waals surface area contributed by atoms with Crippen molar-refractivity contribution in [2.45, 2.75) is 39.5 Å². The summed E-state index contributed by atoms with van der Waals surface area (Å²) in [6.07, 6.45) is 4.05. The molecule has 0 heterocycles. The predicted octanol–water partition coefficient (Wildman–Crippen LogP) is 8.92. The first-order valence-corrected chi connectivity index (χ1v) is 12.7. The molecule has 0 aromatic heterocycles.